The number of nitrogens with zero attached hydrogens (tertiary/aromatic N) is 1. The third-order valence-corrected chi connectivity index (χ3v) is 8.03. The van der Waals surface area contributed by atoms with E-state index in [0.717, 1.165) is 49.4 Å². The topological polar surface area (TPSA) is 72.1 Å². The highest BCUT2D eigenvalue weighted by Gasteiger charge is 2.35. The van der Waals surface area contributed by atoms with E-state index in [1.165, 1.54) is 18.4 Å². The van der Waals surface area contributed by atoms with Crippen molar-refractivity contribution in [3.05, 3.63) is 52.5 Å². The minimum atomic E-state index is -0.0954. The number of ether oxygens (including phenoxy) is 3. The molecular weight excluding hydrogens is 525 g/mol. The molecule has 2 aromatic rings. The maximum Gasteiger partial charge on any atom is 0.315 e. The number of carbonyl (C=O) groups is 1. The van der Waals surface area contributed by atoms with Crippen LogP contribution in [-0.2, 0) is 12.8 Å². The average Bonchev–Trinajstić information content (AvgIpc) is 3.37. The summed E-state index contributed by atoms with van der Waals surface area (Å²) >= 11 is 6.03. The van der Waals surface area contributed by atoms with Gasteiger partial charge in [-0.3, -0.25) is 4.90 Å². The lowest BCUT2D eigenvalue weighted by Crippen LogP contribution is -2.53. The molecule has 2 amide bonds. The summed E-state index contributed by atoms with van der Waals surface area (Å²) in [6, 6.07) is 12.6. The number of carbonyl (C=O) groups excluding carboxylic acids is 1. The van der Waals surface area contributed by atoms with E-state index in [1.807, 2.05) is 24.3 Å². The van der Waals surface area contributed by atoms with Crippen molar-refractivity contribution < 1.29 is 19.0 Å². The second-order valence-corrected chi connectivity index (χ2v) is 10.5. The Morgan fingerprint density at radius 1 is 0.947 bits per heavy atom. The van der Waals surface area contributed by atoms with Crippen molar-refractivity contribution >= 4 is 30.0 Å². The van der Waals surface area contributed by atoms with Crippen molar-refractivity contribution in [3.63, 3.8) is 0 Å². The molecule has 0 bridgehead atoms. The zero-order valence-electron chi connectivity index (χ0n) is 22.6. The van der Waals surface area contributed by atoms with Crippen molar-refractivity contribution in [1.82, 2.24) is 15.5 Å². The van der Waals surface area contributed by atoms with Crippen LogP contribution in [0.4, 0.5) is 4.79 Å². The zero-order chi connectivity index (χ0) is 26.2. The molecule has 2 fully saturated rings. The van der Waals surface area contributed by atoms with E-state index in [1.54, 1.807) is 21.3 Å². The molecule has 2 aromatic carbocycles. The molecular formula is C29H41Cl2N3O4. The standard InChI is InChI=1S/C29H40ClN3O4.ClH/c1-35-26-18-22(19-27(36-2)28(26)37-3)11-14-31-29(34)32-24-5-4-6-25(24)33-15-12-21(13-16-33)17-20-7-9-23(30)10-8-20;/h7-10,18-19,21,24-25H,4-6,11-17H2,1-3H3,(H2,31,32,34);1H/t24-,25-;/m1./s1. The Hall–Kier alpha value is -2.35. The van der Waals surface area contributed by atoms with Gasteiger partial charge in [0, 0.05) is 23.7 Å². The van der Waals surface area contributed by atoms with E-state index >= 15 is 0 Å². The van der Waals surface area contributed by atoms with Gasteiger partial charge in [0.25, 0.3) is 0 Å². The minimum Gasteiger partial charge on any atom is -0.493 e. The largest absolute Gasteiger partial charge is 0.493 e. The average molecular weight is 567 g/mol. The molecule has 2 N–H and O–H groups in total. The molecule has 2 aliphatic rings. The van der Waals surface area contributed by atoms with Gasteiger partial charge in [0.2, 0.25) is 5.75 Å². The summed E-state index contributed by atoms with van der Waals surface area (Å²) in [5.74, 6) is 2.52. The van der Waals surface area contributed by atoms with Crippen LogP contribution in [0.25, 0.3) is 0 Å². The number of nitrogens with one attached hydrogen (secondary N) is 2. The van der Waals surface area contributed by atoms with Crippen LogP contribution in [0.2, 0.25) is 5.02 Å². The van der Waals surface area contributed by atoms with Crippen LogP contribution in [0.1, 0.15) is 43.2 Å². The van der Waals surface area contributed by atoms with Gasteiger partial charge in [-0.1, -0.05) is 23.7 Å². The lowest BCUT2D eigenvalue weighted by Gasteiger charge is -2.38. The number of halogens is 2. The molecule has 38 heavy (non-hydrogen) atoms. The number of methoxy groups -OCH3 is 3. The summed E-state index contributed by atoms with van der Waals surface area (Å²) in [6.07, 6.45) is 7.53. The zero-order valence-corrected chi connectivity index (χ0v) is 24.2. The molecule has 9 heteroatoms. The van der Waals surface area contributed by atoms with Crippen LogP contribution in [-0.4, -0.2) is 64.0 Å². The van der Waals surface area contributed by atoms with Crippen LogP contribution in [0.3, 0.4) is 0 Å². The van der Waals surface area contributed by atoms with E-state index in [4.69, 9.17) is 25.8 Å². The first-order chi connectivity index (χ1) is 18.0. The van der Waals surface area contributed by atoms with Crippen molar-refractivity contribution in [1.29, 1.82) is 0 Å². The first kappa shape index (κ1) is 30.2. The summed E-state index contributed by atoms with van der Waals surface area (Å²) in [7, 11) is 4.80. The van der Waals surface area contributed by atoms with Gasteiger partial charge in [-0.2, -0.15) is 0 Å². The summed E-state index contributed by atoms with van der Waals surface area (Å²) in [6.45, 7) is 2.73. The second kappa shape index (κ2) is 14.7. The lowest BCUT2D eigenvalue weighted by atomic mass is 9.89. The number of benzene rings is 2. The molecule has 1 aliphatic carbocycles. The fourth-order valence-electron chi connectivity index (χ4n) is 5.81. The van der Waals surface area contributed by atoms with Crippen molar-refractivity contribution in [2.24, 2.45) is 5.92 Å². The Bertz CT molecular complexity index is 1000. The fourth-order valence-corrected chi connectivity index (χ4v) is 5.93. The molecule has 2 atom stereocenters. The summed E-state index contributed by atoms with van der Waals surface area (Å²) in [4.78, 5) is 15.3. The maximum atomic E-state index is 12.7. The number of likely N-dealkylation sites (tertiary alicyclic amines) is 1. The van der Waals surface area contributed by atoms with Crippen molar-refractivity contribution in [2.45, 2.75) is 57.0 Å². The second-order valence-electron chi connectivity index (χ2n) is 10.1. The van der Waals surface area contributed by atoms with Crippen molar-refractivity contribution in [3.8, 4) is 17.2 Å². The Kier molecular flexibility index (Phi) is 11.7. The number of rotatable bonds is 10. The Morgan fingerprint density at radius 2 is 1.61 bits per heavy atom. The third-order valence-electron chi connectivity index (χ3n) is 7.78. The van der Waals surface area contributed by atoms with Gasteiger partial charge in [-0.15, -0.1) is 12.4 Å². The van der Waals surface area contributed by atoms with Gasteiger partial charge in [-0.05, 0) is 99.3 Å². The first-order valence-electron chi connectivity index (χ1n) is 13.3. The van der Waals surface area contributed by atoms with E-state index < -0.39 is 0 Å². The Balaban J connectivity index is 0.00000400. The fraction of sp³-hybridized carbons (Fsp3) is 0.552. The van der Waals surface area contributed by atoms with Gasteiger partial charge < -0.3 is 24.8 Å². The Labute approximate surface area is 237 Å². The van der Waals surface area contributed by atoms with Crippen LogP contribution in [0.15, 0.2) is 36.4 Å². The van der Waals surface area contributed by atoms with Gasteiger partial charge in [0.1, 0.15) is 0 Å². The first-order valence-corrected chi connectivity index (χ1v) is 13.7. The number of hydrogen-bond acceptors (Lipinski definition) is 5. The summed E-state index contributed by atoms with van der Waals surface area (Å²) < 4.78 is 16.3. The molecule has 210 valence electrons. The van der Waals surface area contributed by atoms with Crippen molar-refractivity contribution in [2.75, 3.05) is 41.0 Å². The summed E-state index contributed by atoms with van der Waals surface area (Å²) in [5, 5.41) is 7.09. The molecule has 1 aliphatic heterocycles. The predicted molar refractivity (Wildman–Crippen MR) is 154 cm³/mol. The number of amides is 2. The summed E-state index contributed by atoms with van der Waals surface area (Å²) in [5.41, 5.74) is 2.38. The maximum absolute atomic E-state index is 12.7. The van der Waals surface area contributed by atoms with Crippen LogP contribution < -0.4 is 24.8 Å². The van der Waals surface area contributed by atoms with Crippen LogP contribution >= 0.6 is 24.0 Å². The smallest absolute Gasteiger partial charge is 0.315 e. The minimum absolute atomic E-state index is 0. The van der Waals surface area contributed by atoms with E-state index in [0.29, 0.717) is 42.2 Å². The van der Waals surface area contributed by atoms with E-state index in [2.05, 4.69) is 27.7 Å². The molecule has 0 spiro atoms. The quantitative estimate of drug-likeness (QED) is 0.397. The van der Waals surface area contributed by atoms with E-state index in [9.17, 15) is 4.79 Å². The monoisotopic (exact) mass is 565 g/mol. The SMILES string of the molecule is COc1cc(CCNC(=O)N[C@@H]2CCC[C@H]2N2CCC(Cc3ccc(Cl)cc3)CC2)cc(OC)c1OC.Cl. The van der Waals surface area contributed by atoms with Crippen LogP contribution in [0.5, 0.6) is 17.2 Å². The molecule has 7 nitrogen and oxygen atoms in total. The molecule has 1 heterocycles. The number of piperidine rings is 1. The number of hydrogen-bond donors (Lipinski definition) is 2. The van der Waals surface area contributed by atoms with E-state index in [-0.39, 0.29) is 24.5 Å². The highest BCUT2D eigenvalue weighted by molar-refractivity contribution is 6.30. The Morgan fingerprint density at radius 3 is 2.21 bits per heavy atom. The van der Waals surface area contributed by atoms with Gasteiger partial charge >= 0.3 is 6.03 Å². The number of urea groups is 1. The highest BCUT2D eigenvalue weighted by Crippen LogP contribution is 2.38. The highest BCUT2D eigenvalue weighted by atomic mass is 35.5. The third kappa shape index (κ3) is 7.84. The van der Waals surface area contributed by atoms with Gasteiger partial charge in [0.15, 0.2) is 11.5 Å². The molecule has 1 saturated heterocycles. The predicted octanol–water partition coefficient (Wildman–Crippen LogP) is 5.51. The van der Waals surface area contributed by atoms with Gasteiger partial charge in [0.05, 0.1) is 21.3 Å². The molecule has 0 unspecified atom stereocenters. The molecule has 4 rings (SSSR count). The molecule has 0 aromatic heterocycles. The van der Waals surface area contributed by atoms with Crippen LogP contribution in [0, 0.1) is 5.92 Å². The normalized spacial score (nSPS) is 19.9. The lowest BCUT2D eigenvalue weighted by molar-refractivity contribution is 0.119. The molecule has 1 saturated carbocycles. The van der Waals surface area contributed by atoms with Gasteiger partial charge in [-0.25, -0.2) is 4.79 Å². The molecule has 0 radical (unpaired) electrons.